The second kappa shape index (κ2) is 7.13. The minimum Gasteiger partial charge on any atom is -0.486 e. The van der Waals surface area contributed by atoms with Gasteiger partial charge in [-0.15, -0.1) is 0 Å². The van der Waals surface area contributed by atoms with Gasteiger partial charge < -0.3 is 19.7 Å². The molecule has 1 aromatic heterocycles. The molecule has 1 N–H and O–H groups in total. The molecule has 0 fully saturated rings. The molecule has 1 unspecified atom stereocenters. The highest BCUT2D eigenvalue weighted by Gasteiger charge is 2.28. The summed E-state index contributed by atoms with van der Waals surface area (Å²) in [4.78, 5) is 19.6. The first-order valence-electron chi connectivity index (χ1n) is 9.73. The topological polar surface area (TPSA) is 63.7 Å². The molecule has 0 radical (unpaired) electrons. The molecule has 3 aromatic rings. The van der Waals surface area contributed by atoms with Crippen molar-refractivity contribution in [3.05, 3.63) is 71.9 Å². The lowest BCUT2D eigenvalue weighted by molar-refractivity contribution is 0.102. The Morgan fingerprint density at radius 2 is 1.90 bits per heavy atom. The molecule has 0 saturated heterocycles. The van der Waals surface area contributed by atoms with Crippen molar-refractivity contribution in [2.45, 2.75) is 19.4 Å². The third-order valence-corrected chi connectivity index (χ3v) is 5.26. The third kappa shape index (κ3) is 3.27. The van der Waals surface area contributed by atoms with Gasteiger partial charge in [0.25, 0.3) is 5.91 Å². The second-order valence-electron chi connectivity index (χ2n) is 7.27. The number of carbonyl (C=O) groups excluding carboxylic acids is 1. The van der Waals surface area contributed by atoms with Crippen molar-refractivity contribution in [3.63, 3.8) is 0 Å². The summed E-state index contributed by atoms with van der Waals surface area (Å²) in [6.07, 6.45) is 2.65. The molecular weight excluding hydrogens is 366 g/mol. The highest BCUT2D eigenvalue weighted by atomic mass is 16.6. The van der Waals surface area contributed by atoms with Crippen LogP contribution in [0.15, 0.2) is 60.8 Å². The van der Waals surface area contributed by atoms with Gasteiger partial charge in [-0.05, 0) is 49.2 Å². The van der Waals surface area contributed by atoms with Crippen LogP contribution < -0.4 is 19.7 Å². The number of anilines is 3. The maximum absolute atomic E-state index is 12.8. The Balaban J connectivity index is 1.39. The molecule has 2 aromatic carbocycles. The fraction of sp³-hybridized carbons (Fsp3) is 0.217. The number of nitrogens with one attached hydrogen (secondary N) is 1. The Morgan fingerprint density at radius 3 is 2.79 bits per heavy atom. The van der Waals surface area contributed by atoms with Crippen molar-refractivity contribution < 1.29 is 14.3 Å². The van der Waals surface area contributed by atoms with E-state index in [2.05, 4.69) is 40.3 Å². The summed E-state index contributed by atoms with van der Waals surface area (Å²) in [5.74, 6) is 1.93. The van der Waals surface area contributed by atoms with E-state index in [0.717, 1.165) is 17.9 Å². The van der Waals surface area contributed by atoms with Crippen molar-refractivity contribution in [1.29, 1.82) is 0 Å². The fourth-order valence-corrected chi connectivity index (χ4v) is 3.93. The summed E-state index contributed by atoms with van der Waals surface area (Å²) in [5, 5.41) is 2.94. The Hall–Kier alpha value is -3.54. The van der Waals surface area contributed by atoms with Crippen LogP contribution in [0.5, 0.6) is 11.5 Å². The number of hydrogen-bond donors (Lipinski definition) is 1. The van der Waals surface area contributed by atoms with Gasteiger partial charge in [0.15, 0.2) is 11.5 Å². The van der Waals surface area contributed by atoms with Gasteiger partial charge in [0.05, 0.1) is 0 Å². The molecule has 6 heteroatoms. The lowest BCUT2D eigenvalue weighted by atomic mass is 10.1. The molecule has 6 nitrogen and oxygen atoms in total. The average Bonchev–Trinajstić information content (AvgIpc) is 3.09. The van der Waals surface area contributed by atoms with Crippen LogP contribution in [-0.2, 0) is 6.42 Å². The molecule has 2 aliphatic rings. The van der Waals surface area contributed by atoms with Gasteiger partial charge >= 0.3 is 0 Å². The van der Waals surface area contributed by atoms with Crippen molar-refractivity contribution in [1.82, 2.24) is 4.98 Å². The smallest absolute Gasteiger partial charge is 0.255 e. The first-order valence-corrected chi connectivity index (χ1v) is 9.73. The number of para-hydroxylation sites is 1. The number of benzene rings is 2. The van der Waals surface area contributed by atoms with Gasteiger partial charge in [0.1, 0.15) is 19.0 Å². The molecule has 1 atom stereocenters. The normalized spacial score (nSPS) is 17.0. The minimum absolute atomic E-state index is 0.189. The van der Waals surface area contributed by atoms with Gasteiger partial charge in [-0.25, -0.2) is 4.98 Å². The predicted octanol–water partition coefficient (Wildman–Crippen LogP) is 4.19. The number of amides is 1. The van der Waals surface area contributed by atoms with Gasteiger partial charge in [-0.1, -0.05) is 18.2 Å². The zero-order valence-corrected chi connectivity index (χ0v) is 16.1. The van der Waals surface area contributed by atoms with Crippen molar-refractivity contribution >= 4 is 23.1 Å². The number of carbonyl (C=O) groups is 1. The van der Waals surface area contributed by atoms with Crippen LogP contribution in [0, 0.1) is 0 Å². The van der Waals surface area contributed by atoms with E-state index in [1.54, 1.807) is 18.3 Å². The Labute approximate surface area is 169 Å². The van der Waals surface area contributed by atoms with Gasteiger partial charge in [-0.3, -0.25) is 4.79 Å². The maximum atomic E-state index is 12.8. The molecule has 5 rings (SSSR count). The summed E-state index contributed by atoms with van der Waals surface area (Å²) >= 11 is 0. The molecule has 0 aliphatic carbocycles. The third-order valence-electron chi connectivity index (χ3n) is 5.26. The number of fused-ring (bicyclic) bond motifs is 2. The zero-order valence-electron chi connectivity index (χ0n) is 16.1. The average molecular weight is 387 g/mol. The lowest BCUT2D eigenvalue weighted by Crippen LogP contribution is -2.25. The summed E-state index contributed by atoms with van der Waals surface area (Å²) in [6, 6.07) is 17.6. The van der Waals surface area contributed by atoms with Gasteiger partial charge in [0.2, 0.25) is 0 Å². The van der Waals surface area contributed by atoms with Crippen LogP contribution in [-0.4, -0.2) is 30.1 Å². The van der Waals surface area contributed by atoms with E-state index >= 15 is 0 Å². The monoisotopic (exact) mass is 387 g/mol. The van der Waals surface area contributed by atoms with Gasteiger partial charge in [0, 0.05) is 35.2 Å². The quantitative estimate of drug-likeness (QED) is 0.730. The number of ether oxygens (including phenoxy) is 2. The predicted molar refractivity (Wildman–Crippen MR) is 111 cm³/mol. The maximum Gasteiger partial charge on any atom is 0.255 e. The summed E-state index contributed by atoms with van der Waals surface area (Å²) in [5.41, 5.74) is 3.67. The molecule has 29 heavy (non-hydrogen) atoms. The minimum atomic E-state index is -0.189. The fourth-order valence-electron chi connectivity index (χ4n) is 3.93. The van der Waals surface area contributed by atoms with Crippen LogP contribution in [0.25, 0.3) is 0 Å². The molecule has 3 heterocycles. The van der Waals surface area contributed by atoms with Gasteiger partial charge in [-0.2, -0.15) is 0 Å². The SMILES string of the molecule is CC1Cc2ccccc2N1c1cc(C(=O)Nc2ccc3c(c2)OCCO3)ccn1. The largest absolute Gasteiger partial charge is 0.486 e. The van der Waals surface area contributed by atoms with E-state index < -0.39 is 0 Å². The second-order valence-corrected chi connectivity index (χ2v) is 7.27. The molecule has 0 bridgehead atoms. The van der Waals surface area contributed by atoms with E-state index in [0.29, 0.717) is 36.0 Å². The summed E-state index contributed by atoms with van der Waals surface area (Å²) in [6.45, 7) is 3.22. The number of pyridine rings is 1. The van der Waals surface area contributed by atoms with Crippen molar-refractivity contribution in [3.8, 4) is 11.5 Å². The highest BCUT2D eigenvalue weighted by Crippen LogP contribution is 2.37. The van der Waals surface area contributed by atoms with E-state index in [4.69, 9.17) is 9.47 Å². The lowest BCUT2D eigenvalue weighted by Gasteiger charge is -2.24. The van der Waals surface area contributed by atoms with E-state index in [1.807, 2.05) is 24.3 Å². The van der Waals surface area contributed by atoms with Crippen LogP contribution in [0.1, 0.15) is 22.8 Å². The summed E-state index contributed by atoms with van der Waals surface area (Å²) in [7, 11) is 0. The zero-order chi connectivity index (χ0) is 19.8. The van der Waals surface area contributed by atoms with Crippen molar-refractivity contribution in [2.24, 2.45) is 0 Å². The molecule has 0 saturated carbocycles. The molecule has 146 valence electrons. The van der Waals surface area contributed by atoms with Crippen LogP contribution >= 0.6 is 0 Å². The van der Waals surface area contributed by atoms with Crippen LogP contribution in [0.3, 0.4) is 0 Å². The van der Waals surface area contributed by atoms with E-state index in [9.17, 15) is 4.79 Å². The molecule has 1 amide bonds. The molecule has 2 aliphatic heterocycles. The summed E-state index contributed by atoms with van der Waals surface area (Å²) < 4.78 is 11.1. The number of aromatic nitrogens is 1. The number of nitrogens with zero attached hydrogens (tertiary/aromatic N) is 2. The van der Waals surface area contributed by atoms with Crippen molar-refractivity contribution in [2.75, 3.05) is 23.4 Å². The van der Waals surface area contributed by atoms with Crippen LogP contribution in [0.4, 0.5) is 17.2 Å². The molecular formula is C23H21N3O3. The number of rotatable bonds is 3. The van der Waals surface area contributed by atoms with E-state index in [1.165, 1.54) is 5.56 Å². The Bertz CT molecular complexity index is 1080. The number of hydrogen-bond acceptors (Lipinski definition) is 5. The highest BCUT2D eigenvalue weighted by molar-refractivity contribution is 6.05. The van der Waals surface area contributed by atoms with E-state index in [-0.39, 0.29) is 11.9 Å². The van der Waals surface area contributed by atoms with Crippen LogP contribution in [0.2, 0.25) is 0 Å². The Kier molecular flexibility index (Phi) is 4.31. The standard InChI is InChI=1S/C23H21N3O3/c1-15-12-16-4-2-3-5-19(16)26(15)22-13-17(8-9-24-22)23(27)25-18-6-7-20-21(14-18)29-11-10-28-20/h2-9,13-15H,10-12H2,1H3,(H,25,27). The Morgan fingerprint density at radius 1 is 1.07 bits per heavy atom. The first kappa shape index (κ1) is 17.6. The molecule has 0 spiro atoms. The first-order chi connectivity index (χ1) is 14.2.